The number of nitrogens with zero attached hydrogens (tertiary/aromatic N) is 3. The van der Waals surface area contributed by atoms with Crippen molar-refractivity contribution in [3.8, 4) is 0 Å². The summed E-state index contributed by atoms with van der Waals surface area (Å²) in [5.41, 5.74) is 0. The second kappa shape index (κ2) is 7.45. The number of hydrogen-bond donors (Lipinski definition) is 2. The fourth-order valence-electron chi connectivity index (χ4n) is 2.49. The number of aromatic nitrogens is 2. The largest absolute Gasteiger partial charge is 0.359 e. The molecule has 1 aromatic rings. The van der Waals surface area contributed by atoms with Crippen molar-refractivity contribution in [2.45, 2.75) is 26.2 Å². The zero-order chi connectivity index (χ0) is 15.2. The first-order chi connectivity index (χ1) is 10.2. The SMILES string of the molecule is CCCNc1ncc(Cl)c(N2CCCC(C(=O)NC)C2)n1. The van der Waals surface area contributed by atoms with E-state index in [0.717, 1.165) is 32.4 Å². The fraction of sp³-hybridized carbons (Fsp3) is 0.643. The van der Waals surface area contributed by atoms with Crippen molar-refractivity contribution in [1.29, 1.82) is 0 Å². The van der Waals surface area contributed by atoms with Gasteiger partial charge in [0.2, 0.25) is 11.9 Å². The van der Waals surface area contributed by atoms with Crippen molar-refractivity contribution >= 4 is 29.3 Å². The van der Waals surface area contributed by atoms with E-state index in [1.807, 2.05) is 0 Å². The third-order valence-corrected chi connectivity index (χ3v) is 3.86. The van der Waals surface area contributed by atoms with E-state index < -0.39 is 0 Å². The number of carbonyl (C=O) groups excluding carboxylic acids is 1. The Hall–Kier alpha value is -1.56. The van der Waals surface area contributed by atoms with Crippen LogP contribution in [-0.2, 0) is 4.79 Å². The van der Waals surface area contributed by atoms with Gasteiger partial charge in [-0.05, 0) is 19.3 Å². The average molecular weight is 312 g/mol. The monoisotopic (exact) mass is 311 g/mol. The maximum atomic E-state index is 11.8. The van der Waals surface area contributed by atoms with E-state index in [1.165, 1.54) is 0 Å². The highest BCUT2D eigenvalue weighted by molar-refractivity contribution is 6.32. The number of halogens is 1. The lowest BCUT2D eigenvalue weighted by molar-refractivity contribution is -0.124. The Morgan fingerprint density at radius 3 is 3.10 bits per heavy atom. The molecule has 0 aliphatic carbocycles. The standard InChI is InChI=1S/C14H22ClN5O/c1-3-6-17-14-18-8-11(15)12(19-14)20-7-4-5-10(9-20)13(21)16-2/h8,10H,3-7,9H2,1-2H3,(H,16,21)(H,17,18,19). The molecule has 2 rings (SSSR count). The molecular formula is C14H22ClN5O. The minimum Gasteiger partial charge on any atom is -0.359 e. The van der Waals surface area contributed by atoms with Crippen LogP contribution in [-0.4, -0.2) is 42.6 Å². The Morgan fingerprint density at radius 1 is 1.57 bits per heavy atom. The van der Waals surface area contributed by atoms with Gasteiger partial charge in [0.15, 0.2) is 5.82 Å². The van der Waals surface area contributed by atoms with Crippen LogP contribution in [0.3, 0.4) is 0 Å². The van der Waals surface area contributed by atoms with Crippen molar-refractivity contribution in [3.05, 3.63) is 11.2 Å². The second-order valence-electron chi connectivity index (χ2n) is 5.19. The van der Waals surface area contributed by atoms with Gasteiger partial charge in [-0.3, -0.25) is 4.79 Å². The van der Waals surface area contributed by atoms with Crippen molar-refractivity contribution in [2.24, 2.45) is 5.92 Å². The molecule has 1 saturated heterocycles. The van der Waals surface area contributed by atoms with Crippen LogP contribution in [0.4, 0.5) is 11.8 Å². The lowest BCUT2D eigenvalue weighted by Gasteiger charge is -2.33. The van der Waals surface area contributed by atoms with Crippen LogP contribution < -0.4 is 15.5 Å². The van der Waals surface area contributed by atoms with Gasteiger partial charge in [0.25, 0.3) is 0 Å². The van der Waals surface area contributed by atoms with Crippen LogP contribution in [0.1, 0.15) is 26.2 Å². The van der Waals surface area contributed by atoms with E-state index >= 15 is 0 Å². The van der Waals surface area contributed by atoms with Crippen molar-refractivity contribution in [2.75, 3.05) is 36.9 Å². The average Bonchev–Trinajstić information content (AvgIpc) is 2.53. The molecule has 1 unspecified atom stereocenters. The van der Waals surface area contributed by atoms with E-state index in [-0.39, 0.29) is 11.8 Å². The highest BCUT2D eigenvalue weighted by Gasteiger charge is 2.27. The summed E-state index contributed by atoms with van der Waals surface area (Å²) in [6, 6.07) is 0. The van der Waals surface area contributed by atoms with Crippen LogP contribution in [0.15, 0.2) is 6.20 Å². The molecule has 0 spiro atoms. The summed E-state index contributed by atoms with van der Waals surface area (Å²) in [7, 11) is 1.67. The van der Waals surface area contributed by atoms with Gasteiger partial charge >= 0.3 is 0 Å². The summed E-state index contributed by atoms with van der Waals surface area (Å²) in [5.74, 6) is 1.35. The minimum atomic E-state index is -0.0122. The second-order valence-corrected chi connectivity index (χ2v) is 5.60. The molecule has 1 aliphatic rings. The van der Waals surface area contributed by atoms with Crippen molar-refractivity contribution in [1.82, 2.24) is 15.3 Å². The molecule has 1 atom stereocenters. The highest BCUT2D eigenvalue weighted by Crippen LogP contribution is 2.28. The zero-order valence-electron chi connectivity index (χ0n) is 12.5. The Bertz CT molecular complexity index is 496. The maximum absolute atomic E-state index is 11.8. The Balaban J connectivity index is 2.14. The molecule has 7 heteroatoms. The Morgan fingerprint density at radius 2 is 2.38 bits per heavy atom. The number of rotatable bonds is 5. The van der Waals surface area contributed by atoms with Gasteiger partial charge < -0.3 is 15.5 Å². The first-order valence-corrected chi connectivity index (χ1v) is 7.76. The first kappa shape index (κ1) is 15.8. The minimum absolute atomic E-state index is 0.0122. The van der Waals surface area contributed by atoms with E-state index in [1.54, 1.807) is 13.2 Å². The summed E-state index contributed by atoms with van der Waals surface area (Å²) in [6.45, 7) is 4.41. The fourth-order valence-corrected chi connectivity index (χ4v) is 2.70. The van der Waals surface area contributed by atoms with Gasteiger partial charge in [-0.1, -0.05) is 18.5 Å². The number of carbonyl (C=O) groups is 1. The van der Waals surface area contributed by atoms with Gasteiger partial charge in [-0.2, -0.15) is 4.98 Å². The molecule has 116 valence electrons. The molecular weight excluding hydrogens is 290 g/mol. The number of nitrogens with one attached hydrogen (secondary N) is 2. The van der Waals surface area contributed by atoms with E-state index in [4.69, 9.17) is 11.6 Å². The van der Waals surface area contributed by atoms with Crippen molar-refractivity contribution in [3.63, 3.8) is 0 Å². The normalized spacial score (nSPS) is 18.4. The number of amides is 1. The lowest BCUT2D eigenvalue weighted by atomic mass is 9.97. The molecule has 1 fully saturated rings. The maximum Gasteiger partial charge on any atom is 0.224 e. The molecule has 2 heterocycles. The smallest absolute Gasteiger partial charge is 0.224 e. The summed E-state index contributed by atoms with van der Waals surface area (Å²) in [6.07, 6.45) is 4.48. The molecule has 0 bridgehead atoms. The summed E-state index contributed by atoms with van der Waals surface area (Å²) in [4.78, 5) is 22.6. The Labute approximate surface area is 130 Å². The van der Waals surface area contributed by atoms with Crippen LogP contribution >= 0.6 is 11.6 Å². The third kappa shape index (κ3) is 3.97. The van der Waals surface area contributed by atoms with Crippen LogP contribution in [0, 0.1) is 5.92 Å². The first-order valence-electron chi connectivity index (χ1n) is 7.38. The number of piperidine rings is 1. The molecule has 21 heavy (non-hydrogen) atoms. The number of anilines is 2. The van der Waals surface area contributed by atoms with Gasteiger partial charge in [-0.15, -0.1) is 0 Å². The molecule has 1 aliphatic heterocycles. The van der Waals surface area contributed by atoms with Gasteiger partial charge in [-0.25, -0.2) is 4.98 Å². The highest BCUT2D eigenvalue weighted by atomic mass is 35.5. The lowest BCUT2D eigenvalue weighted by Crippen LogP contribution is -2.42. The van der Waals surface area contributed by atoms with E-state index in [9.17, 15) is 4.79 Å². The summed E-state index contributed by atoms with van der Waals surface area (Å²) in [5, 5.41) is 6.40. The van der Waals surface area contributed by atoms with Gasteiger partial charge in [0.05, 0.1) is 12.1 Å². The summed E-state index contributed by atoms with van der Waals surface area (Å²) >= 11 is 6.23. The molecule has 0 aromatic carbocycles. The predicted molar refractivity (Wildman–Crippen MR) is 84.8 cm³/mol. The Kier molecular flexibility index (Phi) is 5.61. The predicted octanol–water partition coefficient (Wildman–Crippen LogP) is 1.91. The summed E-state index contributed by atoms with van der Waals surface area (Å²) < 4.78 is 0. The topological polar surface area (TPSA) is 70.2 Å². The van der Waals surface area contributed by atoms with Crippen LogP contribution in [0.5, 0.6) is 0 Å². The van der Waals surface area contributed by atoms with E-state index in [2.05, 4.69) is 32.4 Å². The quantitative estimate of drug-likeness (QED) is 0.869. The molecule has 6 nitrogen and oxygen atoms in total. The molecule has 0 saturated carbocycles. The van der Waals surface area contributed by atoms with E-state index in [0.29, 0.717) is 23.3 Å². The molecule has 1 aromatic heterocycles. The molecule has 1 amide bonds. The molecule has 2 N–H and O–H groups in total. The molecule has 0 radical (unpaired) electrons. The number of hydrogen-bond acceptors (Lipinski definition) is 5. The van der Waals surface area contributed by atoms with Gasteiger partial charge in [0, 0.05) is 26.7 Å². The van der Waals surface area contributed by atoms with Crippen molar-refractivity contribution < 1.29 is 4.79 Å². The van der Waals surface area contributed by atoms with Crippen LogP contribution in [0.2, 0.25) is 5.02 Å². The zero-order valence-corrected chi connectivity index (χ0v) is 13.3. The third-order valence-electron chi connectivity index (χ3n) is 3.60. The van der Waals surface area contributed by atoms with Crippen LogP contribution in [0.25, 0.3) is 0 Å². The van der Waals surface area contributed by atoms with Gasteiger partial charge in [0.1, 0.15) is 5.02 Å².